The number of carbonyl (C=O) groups is 1. The number of amides is 1. The van der Waals surface area contributed by atoms with Crippen LogP contribution in [0.3, 0.4) is 0 Å². The second-order valence-corrected chi connectivity index (χ2v) is 17.4. The van der Waals surface area contributed by atoms with E-state index in [-0.39, 0.29) is 12.5 Å². The third kappa shape index (κ3) is 41.6. The average Bonchev–Trinajstić information content (AvgIpc) is 3.16. The minimum atomic E-state index is -4.60. The van der Waals surface area contributed by atoms with Gasteiger partial charge in [-0.2, -0.15) is 0 Å². The fourth-order valence-electron chi connectivity index (χ4n) is 5.78. The zero-order valence-electron chi connectivity index (χ0n) is 37.0. The van der Waals surface area contributed by atoms with Crippen LogP contribution < -0.4 is 10.2 Å². The highest BCUT2D eigenvalue weighted by atomic mass is 31.2. The van der Waals surface area contributed by atoms with Crippen LogP contribution in [-0.4, -0.2) is 68.5 Å². The van der Waals surface area contributed by atoms with Gasteiger partial charge in [-0.25, -0.2) is 0 Å². The van der Waals surface area contributed by atoms with E-state index in [2.05, 4.69) is 92.1 Å². The number of likely N-dealkylation sites (N-methyl/N-ethyl adjacent to an activating group) is 1. The van der Waals surface area contributed by atoms with Crippen LogP contribution in [0.15, 0.2) is 85.1 Å². The smallest absolute Gasteiger partial charge is 0.268 e. The van der Waals surface area contributed by atoms with Gasteiger partial charge in [-0.05, 0) is 77.0 Å². The van der Waals surface area contributed by atoms with E-state index in [1.165, 1.54) is 57.8 Å². The summed E-state index contributed by atoms with van der Waals surface area (Å²) in [7, 11) is 1.22. The first-order valence-corrected chi connectivity index (χ1v) is 23.9. The molecular formula is C48H85N2O6P. The van der Waals surface area contributed by atoms with Gasteiger partial charge in [0.15, 0.2) is 0 Å². The lowest BCUT2D eigenvalue weighted by atomic mass is 10.1. The molecule has 0 saturated carbocycles. The molecule has 0 aromatic rings. The number of aliphatic hydroxyl groups is 1. The van der Waals surface area contributed by atoms with Crippen LogP contribution in [0.25, 0.3) is 0 Å². The number of phosphoric acid groups is 1. The summed E-state index contributed by atoms with van der Waals surface area (Å²) in [5.41, 5.74) is 0. The maximum Gasteiger partial charge on any atom is 0.268 e. The summed E-state index contributed by atoms with van der Waals surface area (Å²) >= 11 is 0. The third-order valence-corrected chi connectivity index (χ3v) is 10.3. The third-order valence-electron chi connectivity index (χ3n) is 9.34. The van der Waals surface area contributed by atoms with E-state index < -0.39 is 26.6 Å². The number of nitrogens with zero attached hydrogens (tertiary/aromatic N) is 1. The van der Waals surface area contributed by atoms with Gasteiger partial charge in [0, 0.05) is 6.42 Å². The standard InChI is InChI=1S/C48H85N2O6P/c1-6-8-10-12-14-16-18-20-21-22-23-24-25-26-27-28-29-30-32-34-36-38-40-42-48(52)49-46(45-56-57(53,54)55-44-43-50(3,4)5)47(51)41-39-37-35-33-31-19-17-15-13-11-9-7-2/h8,10,14,16,20-21,23-24,26-27,31,33,39,41,46-47,51H,6-7,9,11-13,15,17-19,22,25,28-30,32,34-38,40,42-45H2,1-5H3,(H-,49,52,53,54)/b10-8-,16-14-,21-20-,24-23-,27-26-,33-31+,41-39+. The van der Waals surface area contributed by atoms with E-state index in [4.69, 9.17) is 9.05 Å². The minimum absolute atomic E-state index is 0.0135. The SMILES string of the molecule is CC/C=C\C/C=C\C/C=C\C/C=C\C/C=C\CCCCCCCCCC(=O)NC(COP(=O)([O-])OCC[N+](C)(C)C)C(O)/C=C/CC/C=C/CCCCCCCC. The van der Waals surface area contributed by atoms with Crippen molar-refractivity contribution in [3.63, 3.8) is 0 Å². The molecule has 328 valence electrons. The molecule has 0 aromatic heterocycles. The molecule has 0 aromatic carbocycles. The average molecular weight is 817 g/mol. The number of carbonyl (C=O) groups excluding carboxylic acids is 1. The molecule has 0 spiro atoms. The fourth-order valence-corrected chi connectivity index (χ4v) is 6.50. The Morgan fingerprint density at radius 1 is 0.632 bits per heavy atom. The molecule has 0 aliphatic rings. The molecule has 0 heterocycles. The van der Waals surface area contributed by atoms with Gasteiger partial charge in [-0.3, -0.25) is 9.36 Å². The zero-order chi connectivity index (χ0) is 42.1. The number of unbranched alkanes of at least 4 members (excludes halogenated alkanes) is 14. The molecule has 57 heavy (non-hydrogen) atoms. The van der Waals surface area contributed by atoms with Crippen molar-refractivity contribution in [2.24, 2.45) is 0 Å². The monoisotopic (exact) mass is 817 g/mol. The van der Waals surface area contributed by atoms with Crippen LogP contribution in [0.5, 0.6) is 0 Å². The Balaban J connectivity index is 4.41. The van der Waals surface area contributed by atoms with Crippen LogP contribution in [0, 0.1) is 0 Å². The maximum atomic E-state index is 12.8. The Morgan fingerprint density at radius 3 is 1.63 bits per heavy atom. The van der Waals surface area contributed by atoms with Crippen LogP contribution >= 0.6 is 7.82 Å². The van der Waals surface area contributed by atoms with Crippen LogP contribution in [-0.2, 0) is 18.4 Å². The number of nitrogens with one attached hydrogen (secondary N) is 1. The van der Waals surface area contributed by atoms with Crippen molar-refractivity contribution in [3.05, 3.63) is 85.1 Å². The summed E-state index contributed by atoms with van der Waals surface area (Å²) in [6.45, 7) is 4.46. The van der Waals surface area contributed by atoms with E-state index in [0.717, 1.165) is 83.5 Å². The van der Waals surface area contributed by atoms with Crippen LogP contribution in [0.4, 0.5) is 0 Å². The molecule has 0 saturated heterocycles. The predicted molar refractivity (Wildman–Crippen MR) is 242 cm³/mol. The number of aliphatic hydroxyl groups excluding tert-OH is 1. The quantitative estimate of drug-likeness (QED) is 0.0277. The van der Waals surface area contributed by atoms with Crippen LogP contribution in [0.1, 0.15) is 162 Å². The van der Waals surface area contributed by atoms with Crippen molar-refractivity contribution in [3.8, 4) is 0 Å². The van der Waals surface area contributed by atoms with E-state index in [9.17, 15) is 19.4 Å². The molecule has 0 aliphatic heterocycles. The summed E-state index contributed by atoms with van der Waals surface area (Å²) in [6, 6.07) is -0.913. The van der Waals surface area contributed by atoms with Gasteiger partial charge in [0.05, 0.1) is 39.9 Å². The van der Waals surface area contributed by atoms with E-state index in [0.29, 0.717) is 17.4 Å². The highest BCUT2D eigenvalue weighted by Gasteiger charge is 2.23. The molecule has 9 heteroatoms. The van der Waals surface area contributed by atoms with Gasteiger partial charge >= 0.3 is 0 Å². The van der Waals surface area contributed by atoms with Crippen LogP contribution in [0.2, 0.25) is 0 Å². The van der Waals surface area contributed by atoms with Crippen molar-refractivity contribution in [1.82, 2.24) is 5.32 Å². The van der Waals surface area contributed by atoms with Gasteiger partial charge in [-0.15, -0.1) is 0 Å². The number of rotatable bonds is 39. The van der Waals surface area contributed by atoms with E-state index in [1.807, 2.05) is 27.2 Å². The molecule has 0 rings (SSSR count). The highest BCUT2D eigenvalue weighted by Crippen LogP contribution is 2.38. The molecule has 3 atom stereocenters. The number of hydrogen-bond acceptors (Lipinski definition) is 6. The molecule has 0 fully saturated rings. The van der Waals surface area contributed by atoms with Crippen molar-refractivity contribution >= 4 is 13.7 Å². The first-order chi connectivity index (χ1) is 27.5. The molecule has 0 radical (unpaired) electrons. The number of phosphoric ester groups is 1. The normalized spacial score (nSPS) is 15.1. The summed E-state index contributed by atoms with van der Waals surface area (Å²) in [5, 5.41) is 13.7. The Hall–Kier alpha value is -2.32. The molecular weight excluding hydrogens is 732 g/mol. The van der Waals surface area contributed by atoms with Gasteiger partial charge in [0.2, 0.25) is 5.91 Å². The molecule has 0 bridgehead atoms. The molecule has 0 aliphatic carbocycles. The van der Waals surface area contributed by atoms with Gasteiger partial charge in [-0.1, -0.05) is 163 Å². The zero-order valence-corrected chi connectivity index (χ0v) is 37.9. The second kappa shape index (κ2) is 39.2. The van der Waals surface area contributed by atoms with Crippen molar-refractivity contribution in [1.29, 1.82) is 0 Å². The lowest BCUT2D eigenvalue weighted by Crippen LogP contribution is -2.45. The predicted octanol–water partition coefficient (Wildman–Crippen LogP) is 11.9. The number of allylic oxidation sites excluding steroid dienone is 13. The van der Waals surface area contributed by atoms with Gasteiger partial charge in [0.25, 0.3) is 7.82 Å². The Bertz CT molecular complexity index is 1200. The first kappa shape index (κ1) is 54.7. The summed E-state index contributed by atoms with van der Waals surface area (Å²) in [6.07, 6.45) is 53.5. The second-order valence-electron chi connectivity index (χ2n) is 16.0. The van der Waals surface area contributed by atoms with Crippen molar-refractivity contribution in [2.75, 3.05) is 40.9 Å². The summed E-state index contributed by atoms with van der Waals surface area (Å²) in [4.78, 5) is 25.3. The maximum absolute atomic E-state index is 12.8. The Labute approximate surface area is 350 Å². The number of quaternary nitrogens is 1. The highest BCUT2D eigenvalue weighted by molar-refractivity contribution is 7.45. The lowest BCUT2D eigenvalue weighted by molar-refractivity contribution is -0.870. The lowest BCUT2D eigenvalue weighted by Gasteiger charge is -2.29. The summed E-state index contributed by atoms with van der Waals surface area (Å²) < 4.78 is 23.1. The molecule has 3 unspecified atom stereocenters. The first-order valence-electron chi connectivity index (χ1n) is 22.4. The Morgan fingerprint density at radius 2 is 1.09 bits per heavy atom. The van der Waals surface area contributed by atoms with Gasteiger partial charge in [0.1, 0.15) is 13.2 Å². The minimum Gasteiger partial charge on any atom is -0.756 e. The molecule has 1 amide bonds. The number of hydrogen-bond donors (Lipinski definition) is 2. The van der Waals surface area contributed by atoms with Crippen molar-refractivity contribution < 1.29 is 32.9 Å². The molecule has 2 N–H and O–H groups in total. The van der Waals surface area contributed by atoms with Gasteiger partial charge < -0.3 is 28.8 Å². The summed E-state index contributed by atoms with van der Waals surface area (Å²) in [5.74, 6) is -0.225. The van der Waals surface area contributed by atoms with E-state index in [1.54, 1.807) is 6.08 Å². The van der Waals surface area contributed by atoms with Crippen molar-refractivity contribution in [2.45, 2.75) is 174 Å². The fraction of sp³-hybridized carbons (Fsp3) is 0.688. The largest absolute Gasteiger partial charge is 0.756 e. The molecule has 8 nitrogen and oxygen atoms in total. The Kier molecular flexibility index (Phi) is 37.6. The van der Waals surface area contributed by atoms with E-state index >= 15 is 0 Å². The topological polar surface area (TPSA) is 108 Å².